The van der Waals surface area contributed by atoms with Crippen LogP contribution in [0.5, 0.6) is 0 Å². The average Bonchev–Trinajstić information content (AvgIpc) is 2.86. The van der Waals surface area contributed by atoms with E-state index in [0.29, 0.717) is 47.5 Å². The summed E-state index contributed by atoms with van der Waals surface area (Å²) in [5, 5.41) is 6.25. The maximum Gasteiger partial charge on any atom is 0.407 e. The van der Waals surface area contributed by atoms with Crippen LogP contribution in [-0.4, -0.2) is 49.3 Å². The van der Waals surface area contributed by atoms with Gasteiger partial charge < -0.3 is 15.4 Å². The summed E-state index contributed by atoms with van der Waals surface area (Å²) < 4.78 is 47.7. The summed E-state index contributed by atoms with van der Waals surface area (Å²) in [5.74, 6) is -0.0961. The summed E-state index contributed by atoms with van der Waals surface area (Å²) in [5.41, 5.74) is 0.244. The molecular formula is C27H36BrFN4O5S2. The van der Waals surface area contributed by atoms with E-state index in [2.05, 4.69) is 36.3 Å². The maximum absolute atomic E-state index is 13.2. The maximum atomic E-state index is 13.2. The zero-order valence-electron chi connectivity index (χ0n) is 23.0. The molecule has 1 aliphatic carbocycles. The lowest BCUT2D eigenvalue weighted by Gasteiger charge is -2.29. The second kappa shape index (κ2) is 14.1. The number of carbonyl (C=O) groups is 2. The van der Waals surface area contributed by atoms with Crippen molar-refractivity contribution in [2.24, 2.45) is 5.92 Å². The molecular weight excluding hydrogens is 623 g/mol. The second-order valence-corrected chi connectivity index (χ2v) is 14.3. The third-order valence-corrected chi connectivity index (χ3v) is 9.61. The molecule has 0 spiro atoms. The molecule has 220 valence electrons. The fraction of sp³-hybridized carbons (Fsp3) is 0.519. The number of alkyl carbamates (subject to hydrolysis) is 1. The number of amides is 2. The smallest absolute Gasteiger partial charge is 0.407 e. The number of nitrogens with zero attached hydrogens (tertiary/aromatic N) is 1. The predicted molar refractivity (Wildman–Crippen MR) is 156 cm³/mol. The molecule has 1 aromatic heterocycles. The number of carbonyl (C=O) groups excluding carboxylic acids is 2. The Kier molecular flexibility index (Phi) is 11.4. The van der Waals surface area contributed by atoms with Crippen molar-refractivity contribution in [2.75, 3.05) is 12.3 Å². The van der Waals surface area contributed by atoms with Gasteiger partial charge in [-0.25, -0.2) is 27.3 Å². The highest BCUT2D eigenvalue weighted by molar-refractivity contribution is 9.10. The number of thioether (sulfide) groups is 1. The SMILES string of the molecule is C[C@@H](NC(=O)C1CCC(NS(=O)(=O)c2cnc(SCCNC(=O)OC(C)(C)C)c(Br)c2)CC1)c1ccc(F)cc1. The van der Waals surface area contributed by atoms with Crippen molar-refractivity contribution in [3.8, 4) is 0 Å². The fourth-order valence-corrected chi connectivity index (χ4v) is 7.04. The van der Waals surface area contributed by atoms with Crippen molar-refractivity contribution in [1.82, 2.24) is 20.3 Å². The molecule has 1 aliphatic rings. The minimum atomic E-state index is -3.81. The van der Waals surface area contributed by atoms with Gasteiger partial charge in [-0.2, -0.15) is 0 Å². The fourth-order valence-electron chi connectivity index (χ4n) is 4.20. The van der Waals surface area contributed by atoms with Gasteiger partial charge in [0.25, 0.3) is 0 Å². The van der Waals surface area contributed by atoms with Crippen molar-refractivity contribution in [3.05, 3.63) is 52.4 Å². The summed E-state index contributed by atoms with van der Waals surface area (Å²) in [4.78, 5) is 28.8. The summed E-state index contributed by atoms with van der Waals surface area (Å²) >= 11 is 4.77. The molecule has 0 saturated heterocycles. The van der Waals surface area contributed by atoms with E-state index in [1.54, 1.807) is 32.9 Å². The van der Waals surface area contributed by atoms with Gasteiger partial charge in [-0.1, -0.05) is 12.1 Å². The van der Waals surface area contributed by atoms with Gasteiger partial charge in [-0.15, -0.1) is 11.8 Å². The lowest BCUT2D eigenvalue weighted by atomic mass is 9.85. The van der Waals surface area contributed by atoms with E-state index in [-0.39, 0.29) is 34.6 Å². The Morgan fingerprint density at radius 2 is 1.82 bits per heavy atom. The van der Waals surface area contributed by atoms with Crippen LogP contribution in [-0.2, 0) is 19.6 Å². The Balaban J connectivity index is 1.45. The van der Waals surface area contributed by atoms with E-state index in [4.69, 9.17) is 4.74 Å². The summed E-state index contributed by atoms with van der Waals surface area (Å²) in [6, 6.07) is 7.00. The molecule has 1 heterocycles. The van der Waals surface area contributed by atoms with Crippen molar-refractivity contribution in [2.45, 2.75) is 81.0 Å². The van der Waals surface area contributed by atoms with Gasteiger partial charge in [0.05, 0.1) is 10.5 Å². The molecule has 1 fully saturated rings. The van der Waals surface area contributed by atoms with Crippen molar-refractivity contribution < 1.29 is 27.1 Å². The van der Waals surface area contributed by atoms with Gasteiger partial charge in [-0.3, -0.25) is 4.79 Å². The number of pyridine rings is 1. The molecule has 1 atom stereocenters. The predicted octanol–water partition coefficient (Wildman–Crippen LogP) is 5.31. The van der Waals surface area contributed by atoms with Crippen molar-refractivity contribution in [3.63, 3.8) is 0 Å². The van der Waals surface area contributed by atoms with Gasteiger partial charge in [0, 0.05) is 30.5 Å². The van der Waals surface area contributed by atoms with Crippen LogP contribution in [0.3, 0.4) is 0 Å². The van der Waals surface area contributed by atoms with Crippen LogP contribution in [0, 0.1) is 11.7 Å². The van der Waals surface area contributed by atoms with E-state index in [1.165, 1.54) is 36.2 Å². The molecule has 0 radical (unpaired) electrons. The second-order valence-electron chi connectivity index (χ2n) is 10.7. The third-order valence-electron chi connectivity index (χ3n) is 6.25. The van der Waals surface area contributed by atoms with Crippen LogP contribution in [0.4, 0.5) is 9.18 Å². The monoisotopic (exact) mass is 658 g/mol. The first kappa shape index (κ1) is 32.3. The average molecular weight is 660 g/mol. The molecule has 9 nitrogen and oxygen atoms in total. The normalized spacial score (nSPS) is 18.6. The quantitative estimate of drug-likeness (QED) is 0.233. The molecule has 2 aromatic rings. The minimum Gasteiger partial charge on any atom is -0.444 e. The highest BCUT2D eigenvalue weighted by Crippen LogP contribution is 2.29. The van der Waals surface area contributed by atoms with Crippen LogP contribution in [0.1, 0.15) is 65.0 Å². The number of ether oxygens (including phenoxy) is 1. The summed E-state index contributed by atoms with van der Waals surface area (Å²) in [6.45, 7) is 7.58. The van der Waals surface area contributed by atoms with E-state index in [9.17, 15) is 22.4 Å². The molecule has 0 bridgehead atoms. The number of sulfonamides is 1. The van der Waals surface area contributed by atoms with E-state index in [1.807, 2.05) is 6.92 Å². The zero-order valence-corrected chi connectivity index (χ0v) is 26.2. The summed E-state index contributed by atoms with van der Waals surface area (Å²) in [6.07, 6.45) is 3.01. The lowest BCUT2D eigenvalue weighted by molar-refractivity contribution is -0.126. The molecule has 0 aliphatic heterocycles. The van der Waals surface area contributed by atoms with Gasteiger partial charge in [0.15, 0.2) is 0 Å². The molecule has 40 heavy (non-hydrogen) atoms. The number of hydrogen-bond donors (Lipinski definition) is 3. The largest absolute Gasteiger partial charge is 0.444 e. The van der Waals surface area contributed by atoms with Crippen molar-refractivity contribution in [1.29, 1.82) is 0 Å². The van der Waals surface area contributed by atoms with E-state index in [0.717, 1.165) is 5.56 Å². The molecule has 0 unspecified atom stereocenters. The van der Waals surface area contributed by atoms with Gasteiger partial charge in [0.1, 0.15) is 21.3 Å². The molecule has 1 saturated carbocycles. The number of nitrogens with one attached hydrogen (secondary N) is 3. The standard InChI is InChI=1S/C27H36BrFN4O5S2/c1-17(18-5-9-20(29)10-6-18)32-24(34)19-7-11-21(12-8-19)33-40(36,37)22-15-23(28)25(31-16-22)39-14-13-30-26(35)38-27(2,3)4/h5-6,9-10,15-17,19,21,33H,7-8,11-14H2,1-4H3,(H,30,35)(H,32,34)/t17-,19?,21?/m1/s1. The molecule has 3 rings (SSSR count). The Hall–Kier alpha value is -2.22. The molecule has 13 heteroatoms. The van der Waals surface area contributed by atoms with Crippen LogP contribution in [0.15, 0.2) is 50.9 Å². The van der Waals surface area contributed by atoms with Crippen molar-refractivity contribution >= 4 is 49.7 Å². The van der Waals surface area contributed by atoms with E-state index < -0.39 is 21.7 Å². The highest BCUT2D eigenvalue weighted by atomic mass is 79.9. The number of halogens is 2. The van der Waals surface area contributed by atoms with Crippen LogP contribution in [0.25, 0.3) is 0 Å². The van der Waals surface area contributed by atoms with Crippen LogP contribution < -0.4 is 15.4 Å². The van der Waals surface area contributed by atoms with Crippen LogP contribution in [0.2, 0.25) is 0 Å². The number of hydrogen-bond acceptors (Lipinski definition) is 7. The summed E-state index contributed by atoms with van der Waals surface area (Å²) in [7, 11) is -3.81. The molecule has 1 aromatic carbocycles. The lowest BCUT2D eigenvalue weighted by Crippen LogP contribution is -2.41. The minimum absolute atomic E-state index is 0.0450. The Morgan fingerprint density at radius 3 is 2.42 bits per heavy atom. The first-order chi connectivity index (χ1) is 18.7. The van der Waals surface area contributed by atoms with Gasteiger partial charge in [0.2, 0.25) is 15.9 Å². The zero-order chi connectivity index (χ0) is 29.5. The number of rotatable bonds is 10. The molecule has 3 N–H and O–H groups in total. The van der Waals surface area contributed by atoms with E-state index >= 15 is 0 Å². The van der Waals surface area contributed by atoms with Crippen LogP contribution >= 0.6 is 27.7 Å². The highest BCUT2D eigenvalue weighted by Gasteiger charge is 2.30. The Bertz CT molecular complexity index is 1280. The van der Waals surface area contributed by atoms with Gasteiger partial charge >= 0.3 is 6.09 Å². The topological polar surface area (TPSA) is 126 Å². The third kappa shape index (κ3) is 10.0. The first-order valence-electron chi connectivity index (χ1n) is 13.1. The Morgan fingerprint density at radius 1 is 1.18 bits per heavy atom. The number of benzene rings is 1. The first-order valence-corrected chi connectivity index (χ1v) is 16.3. The molecule has 2 amide bonds. The number of aromatic nitrogens is 1. The van der Waals surface area contributed by atoms with Gasteiger partial charge in [-0.05, 0) is 93.1 Å². The Labute approximate surface area is 248 Å².